The van der Waals surface area contributed by atoms with Crippen LogP contribution in [-0.4, -0.2) is 40.2 Å². The molecule has 0 saturated heterocycles. The third-order valence-corrected chi connectivity index (χ3v) is 6.41. The molecule has 204 valence electrons. The lowest BCUT2D eigenvalue weighted by molar-refractivity contribution is 0.100. The van der Waals surface area contributed by atoms with Gasteiger partial charge in [0.1, 0.15) is 40.6 Å². The van der Waals surface area contributed by atoms with Gasteiger partial charge in [-0.25, -0.2) is 17.8 Å². The third kappa shape index (κ3) is 6.26. The van der Waals surface area contributed by atoms with Gasteiger partial charge in [-0.2, -0.15) is 13.9 Å². The number of sulfonamides is 1. The number of hydrogen-bond acceptors (Lipinski definition) is 8. The number of primary amides is 1. The highest BCUT2D eigenvalue weighted by Crippen LogP contribution is 2.37. The van der Waals surface area contributed by atoms with E-state index in [0.717, 1.165) is 0 Å². The molecule has 1 unspecified atom stereocenters. The van der Waals surface area contributed by atoms with Gasteiger partial charge in [-0.3, -0.25) is 19.6 Å². The van der Waals surface area contributed by atoms with Crippen molar-refractivity contribution in [2.75, 3.05) is 10.0 Å². The van der Waals surface area contributed by atoms with Crippen molar-refractivity contribution in [3.8, 4) is 17.0 Å². The number of hydrogen-bond donors (Lipinski definition) is 4. The maximum Gasteiger partial charge on any atom is 0.355 e. The summed E-state index contributed by atoms with van der Waals surface area (Å²) in [5.41, 5.74) is 6.76. The number of alkyl halides is 2. The van der Waals surface area contributed by atoms with E-state index in [9.17, 15) is 26.4 Å². The van der Waals surface area contributed by atoms with E-state index in [1.807, 2.05) is 0 Å². The fourth-order valence-corrected chi connectivity index (χ4v) is 4.07. The normalized spacial score (nSPS) is 12.3. The second-order valence-corrected chi connectivity index (χ2v) is 9.94. The van der Waals surface area contributed by atoms with Crippen LogP contribution in [0, 0.1) is 12.7 Å². The highest BCUT2D eigenvalue weighted by Gasteiger charge is 2.27. The quantitative estimate of drug-likeness (QED) is 0.223. The lowest BCUT2D eigenvalue weighted by Crippen LogP contribution is -2.21. The van der Waals surface area contributed by atoms with E-state index in [2.05, 4.69) is 25.5 Å². The number of amides is 1. The summed E-state index contributed by atoms with van der Waals surface area (Å²) in [6, 6.07) is 9.16. The molecule has 1 atom stereocenters. The predicted molar refractivity (Wildman–Crippen MR) is 137 cm³/mol. The number of carbonyl (C=O) groups is 1. The number of anilines is 3. The van der Waals surface area contributed by atoms with Crippen molar-refractivity contribution in [2.45, 2.75) is 25.7 Å². The van der Waals surface area contributed by atoms with E-state index < -0.39 is 33.6 Å². The van der Waals surface area contributed by atoms with E-state index in [0.29, 0.717) is 17.1 Å². The van der Waals surface area contributed by atoms with Crippen molar-refractivity contribution in [2.24, 2.45) is 5.73 Å². The fourth-order valence-electron chi connectivity index (χ4n) is 3.51. The van der Waals surface area contributed by atoms with Gasteiger partial charge in [0.2, 0.25) is 0 Å². The van der Waals surface area contributed by atoms with Gasteiger partial charge < -0.3 is 15.8 Å². The molecule has 4 rings (SSSR count). The number of nitrogens with one attached hydrogen (secondary N) is 3. The fraction of sp³-hybridized carbons (Fsp3) is 0.167. The van der Waals surface area contributed by atoms with Gasteiger partial charge in [-0.15, -0.1) is 0 Å². The first kappa shape index (κ1) is 27.4. The number of aromatic nitrogens is 4. The number of nitrogens with two attached hydrogens (primary N) is 1. The Morgan fingerprint density at radius 2 is 1.82 bits per heavy atom. The molecule has 0 fully saturated rings. The molecule has 0 aliphatic carbocycles. The van der Waals surface area contributed by atoms with Crippen molar-refractivity contribution in [1.29, 1.82) is 0 Å². The van der Waals surface area contributed by atoms with Crippen LogP contribution in [0.4, 0.5) is 30.5 Å². The molecule has 15 heteroatoms. The molecular weight excluding hydrogens is 539 g/mol. The minimum Gasteiger partial charge on any atom is -0.484 e. The van der Waals surface area contributed by atoms with Crippen LogP contribution in [0.15, 0.2) is 54.9 Å². The SMILES string of the molecule is Cc1cnc(Nc2[nH]nc(-c3ccc(NS(=O)(=O)C(F)F)c(OC(C)c4ccc(F)cc4)c3)c2C(N)=O)cn1. The summed E-state index contributed by atoms with van der Waals surface area (Å²) in [7, 11) is -5.04. The number of aromatic amines is 1. The van der Waals surface area contributed by atoms with Crippen LogP contribution >= 0.6 is 0 Å². The standard InChI is InChI=1S/C24H22F3N7O4S/c1-12-10-30-19(11-29-12)31-23-20(22(28)35)21(32-33-23)15-5-8-17(34-39(36,37)24(26)27)18(9-15)38-13(2)14-3-6-16(25)7-4-14/h3-11,13,24,34H,1-2H3,(H2,28,35)(H2,30,31,32,33). The van der Waals surface area contributed by atoms with Crippen LogP contribution in [0.2, 0.25) is 0 Å². The summed E-state index contributed by atoms with van der Waals surface area (Å²) in [4.78, 5) is 20.6. The largest absolute Gasteiger partial charge is 0.484 e. The van der Waals surface area contributed by atoms with Crippen LogP contribution in [0.3, 0.4) is 0 Å². The van der Waals surface area contributed by atoms with Crippen molar-refractivity contribution in [3.63, 3.8) is 0 Å². The average molecular weight is 562 g/mol. The second kappa shape index (κ2) is 11.0. The lowest BCUT2D eigenvalue weighted by atomic mass is 10.1. The molecule has 4 aromatic rings. The zero-order chi connectivity index (χ0) is 28.3. The smallest absolute Gasteiger partial charge is 0.355 e. The van der Waals surface area contributed by atoms with Crippen LogP contribution in [0.1, 0.15) is 34.6 Å². The highest BCUT2D eigenvalue weighted by molar-refractivity contribution is 7.93. The van der Waals surface area contributed by atoms with Crippen molar-refractivity contribution < 1.29 is 31.1 Å². The molecule has 39 heavy (non-hydrogen) atoms. The molecule has 2 aromatic heterocycles. The minimum absolute atomic E-state index is 0.0594. The van der Waals surface area contributed by atoms with Gasteiger partial charge in [0, 0.05) is 5.56 Å². The topological polar surface area (TPSA) is 165 Å². The molecule has 2 aromatic carbocycles. The summed E-state index contributed by atoms with van der Waals surface area (Å²) in [5, 5.41) is 9.68. The summed E-state index contributed by atoms with van der Waals surface area (Å²) >= 11 is 0. The van der Waals surface area contributed by atoms with Gasteiger partial charge in [-0.1, -0.05) is 18.2 Å². The zero-order valence-electron chi connectivity index (χ0n) is 20.4. The first-order valence-electron chi connectivity index (χ1n) is 11.2. The van der Waals surface area contributed by atoms with Crippen LogP contribution in [-0.2, 0) is 10.0 Å². The number of carbonyl (C=O) groups excluding carboxylic acids is 1. The number of aryl methyl sites for hydroxylation is 1. The van der Waals surface area contributed by atoms with Crippen molar-refractivity contribution >= 4 is 33.3 Å². The molecule has 2 heterocycles. The molecule has 0 aliphatic heterocycles. The molecule has 0 aliphatic rings. The molecule has 0 radical (unpaired) electrons. The third-order valence-electron chi connectivity index (χ3n) is 5.43. The lowest BCUT2D eigenvalue weighted by Gasteiger charge is -2.19. The number of nitrogens with zero attached hydrogens (tertiary/aromatic N) is 3. The first-order chi connectivity index (χ1) is 18.4. The van der Waals surface area contributed by atoms with Crippen molar-refractivity contribution in [1.82, 2.24) is 20.2 Å². The molecule has 0 bridgehead atoms. The summed E-state index contributed by atoms with van der Waals surface area (Å²) in [5.74, 6) is -4.79. The number of halogens is 3. The van der Waals surface area contributed by atoms with Gasteiger partial charge in [0.25, 0.3) is 15.9 Å². The molecular formula is C24H22F3N7O4S. The van der Waals surface area contributed by atoms with Crippen molar-refractivity contribution in [3.05, 3.63) is 77.5 Å². The Labute approximate surface area is 220 Å². The van der Waals surface area contributed by atoms with Crippen LogP contribution in [0.5, 0.6) is 5.75 Å². The number of rotatable bonds is 10. The van der Waals surface area contributed by atoms with Gasteiger partial charge in [-0.05, 0) is 43.7 Å². The highest BCUT2D eigenvalue weighted by atomic mass is 32.2. The van der Waals surface area contributed by atoms with E-state index in [1.165, 1.54) is 54.9 Å². The maximum atomic E-state index is 13.4. The second-order valence-electron chi connectivity index (χ2n) is 8.28. The summed E-state index contributed by atoms with van der Waals surface area (Å²) in [6.45, 7) is 3.35. The van der Waals surface area contributed by atoms with E-state index in [-0.39, 0.29) is 34.1 Å². The molecule has 0 saturated carbocycles. The molecule has 0 spiro atoms. The molecule has 11 nitrogen and oxygen atoms in total. The number of ether oxygens (including phenoxy) is 1. The Hall–Kier alpha value is -4.66. The van der Waals surface area contributed by atoms with E-state index in [4.69, 9.17) is 10.5 Å². The van der Waals surface area contributed by atoms with Gasteiger partial charge >= 0.3 is 5.76 Å². The Kier molecular flexibility index (Phi) is 7.71. The molecule has 1 amide bonds. The first-order valence-corrected chi connectivity index (χ1v) is 12.8. The van der Waals surface area contributed by atoms with Gasteiger partial charge in [0.15, 0.2) is 0 Å². The molecule has 5 N–H and O–H groups in total. The van der Waals surface area contributed by atoms with Gasteiger partial charge in [0.05, 0.1) is 23.8 Å². The Balaban J connectivity index is 1.75. The van der Waals surface area contributed by atoms with E-state index in [1.54, 1.807) is 18.6 Å². The Morgan fingerprint density at radius 1 is 1.10 bits per heavy atom. The zero-order valence-corrected chi connectivity index (χ0v) is 21.3. The number of benzene rings is 2. The van der Waals surface area contributed by atoms with Crippen LogP contribution in [0.25, 0.3) is 11.3 Å². The predicted octanol–water partition coefficient (Wildman–Crippen LogP) is 4.26. The summed E-state index contributed by atoms with van der Waals surface area (Å²) < 4.78 is 71.0. The number of H-pyrrole nitrogens is 1. The summed E-state index contributed by atoms with van der Waals surface area (Å²) in [6.07, 6.45) is 2.19. The Morgan fingerprint density at radius 3 is 2.44 bits per heavy atom. The maximum absolute atomic E-state index is 13.4. The van der Waals surface area contributed by atoms with E-state index >= 15 is 0 Å². The van der Waals surface area contributed by atoms with Crippen LogP contribution < -0.4 is 20.5 Å². The average Bonchev–Trinajstić information content (AvgIpc) is 3.30. The minimum atomic E-state index is -5.04. The Bertz CT molecular complexity index is 1600. The monoisotopic (exact) mass is 561 g/mol.